The Morgan fingerprint density at radius 3 is 2.39 bits per heavy atom. The van der Waals surface area contributed by atoms with Crippen molar-refractivity contribution in [2.24, 2.45) is 0 Å². The van der Waals surface area contributed by atoms with Crippen molar-refractivity contribution in [3.63, 3.8) is 0 Å². The molecule has 0 amide bonds. The molecule has 1 nitrogen and oxygen atoms in total. The van der Waals surface area contributed by atoms with Crippen LogP contribution in [0.15, 0.2) is 42.5 Å². The molecular formula is C17H27N. The standard InChI is InChI=1S/C17H27N/c1-5-16(15-10-8-7-9-11-15)17(18-6-2)13-12-14(3)4/h7-11,16-18H,3,5-6,12-13H2,1-2,4H3. The predicted octanol–water partition coefficient (Wildman–Crippen LogP) is 4.51. The van der Waals surface area contributed by atoms with Crippen LogP contribution < -0.4 is 5.32 Å². The van der Waals surface area contributed by atoms with Gasteiger partial charge in [-0.3, -0.25) is 0 Å². The van der Waals surface area contributed by atoms with Gasteiger partial charge in [0.2, 0.25) is 0 Å². The van der Waals surface area contributed by atoms with E-state index >= 15 is 0 Å². The van der Waals surface area contributed by atoms with E-state index in [2.05, 4.69) is 63.0 Å². The second kappa shape index (κ2) is 8.10. The first-order valence-corrected chi connectivity index (χ1v) is 7.11. The van der Waals surface area contributed by atoms with Crippen LogP contribution in [-0.2, 0) is 0 Å². The minimum atomic E-state index is 0.555. The SMILES string of the molecule is C=C(C)CCC(NCC)C(CC)c1ccccc1. The fourth-order valence-corrected chi connectivity index (χ4v) is 2.56. The van der Waals surface area contributed by atoms with E-state index in [4.69, 9.17) is 0 Å². The lowest BCUT2D eigenvalue weighted by molar-refractivity contribution is 0.407. The summed E-state index contributed by atoms with van der Waals surface area (Å²) in [7, 11) is 0. The molecule has 1 rings (SSSR count). The maximum atomic E-state index is 4.02. The minimum Gasteiger partial charge on any atom is -0.314 e. The van der Waals surface area contributed by atoms with E-state index in [1.807, 2.05) is 0 Å². The van der Waals surface area contributed by atoms with Gasteiger partial charge in [0.1, 0.15) is 0 Å². The molecule has 1 heteroatoms. The van der Waals surface area contributed by atoms with Crippen molar-refractivity contribution >= 4 is 0 Å². The third kappa shape index (κ3) is 4.66. The summed E-state index contributed by atoms with van der Waals surface area (Å²) in [5.41, 5.74) is 2.73. The summed E-state index contributed by atoms with van der Waals surface area (Å²) >= 11 is 0. The molecule has 100 valence electrons. The Labute approximate surface area is 112 Å². The van der Waals surface area contributed by atoms with Crippen LogP contribution >= 0.6 is 0 Å². The summed E-state index contributed by atoms with van der Waals surface area (Å²) in [6, 6.07) is 11.4. The molecule has 1 N–H and O–H groups in total. The molecule has 0 aliphatic carbocycles. The third-order valence-electron chi connectivity index (χ3n) is 3.50. The molecule has 0 aliphatic heterocycles. The summed E-state index contributed by atoms with van der Waals surface area (Å²) in [6.45, 7) is 11.6. The second-order valence-corrected chi connectivity index (χ2v) is 5.09. The van der Waals surface area contributed by atoms with Crippen molar-refractivity contribution in [1.82, 2.24) is 5.32 Å². The van der Waals surface area contributed by atoms with Crippen molar-refractivity contribution < 1.29 is 0 Å². The fraction of sp³-hybridized carbons (Fsp3) is 0.529. The Hall–Kier alpha value is -1.08. The van der Waals surface area contributed by atoms with Gasteiger partial charge in [-0.15, -0.1) is 6.58 Å². The molecule has 2 unspecified atom stereocenters. The number of likely N-dealkylation sites (N-methyl/N-ethyl adjacent to an activating group) is 1. The average Bonchev–Trinajstić information content (AvgIpc) is 2.38. The summed E-state index contributed by atoms with van der Waals surface area (Å²) in [5, 5.41) is 3.65. The second-order valence-electron chi connectivity index (χ2n) is 5.09. The van der Waals surface area contributed by atoms with Crippen molar-refractivity contribution in [3.8, 4) is 0 Å². The zero-order valence-corrected chi connectivity index (χ0v) is 12.1. The maximum absolute atomic E-state index is 4.02. The lowest BCUT2D eigenvalue weighted by atomic mass is 9.86. The lowest BCUT2D eigenvalue weighted by Crippen LogP contribution is -2.34. The number of allylic oxidation sites excluding steroid dienone is 1. The van der Waals surface area contributed by atoms with E-state index < -0.39 is 0 Å². The summed E-state index contributed by atoms with van der Waals surface area (Å²) in [4.78, 5) is 0. The topological polar surface area (TPSA) is 12.0 Å². The van der Waals surface area contributed by atoms with Gasteiger partial charge in [-0.1, -0.05) is 49.8 Å². The van der Waals surface area contributed by atoms with Crippen molar-refractivity contribution in [1.29, 1.82) is 0 Å². The van der Waals surface area contributed by atoms with E-state index in [0.29, 0.717) is 12.0 Å². The quantitative estimate of drug-likeness (QED) is 0.664. The number of rotatable bonds is 8. The lowest BCUT2D eigenvalue weighted by Gasteiger charge is -2.27. The van der Waals surface area contributed by atoms with E-state index in [-0.39, 0.29) is 0 Å². The molecule has 1 aromatic rings. The molecule has 0 aliphatic rings. The van der Waals surface area contributed by atoms with Crippen LogP contribution in [0.5, 0.6) is 0 Å². The first-order chi connectivity index (χ1) is 8.69. The maximum Gasteiger partial charge on any atom is 0.0139 e. The molecule has 0 radical (unpaired) electrons. The largest absolute Gasteiger partial charge is 0.314 e. The fourth-order valence-electron chi connectivity index (χ4n) is 2.56. The van der Waals surface area contributed by atoms with Crippen molar-refractivity contribution in [2.45, 2.75) is 52.0 Å². The monoisotopic (exact) mass is 245 g/mol. The van der Waals surface area contributed by atoms with Gasteiger partial charge in [-0.25, -0.2) is 0 Å². The first-order valence-electron chi connectivity index (χ1n) is 7.11. The number of hydrogen-bond donors (Lipinski definition) is 1. The Balaban J connectivity index is 2.77. The van der Waals surface area contributed by atoms with E-state index in [0.717, 1.165) is 13.0 Å². The van der Waals surface area contributed by atoms with Gasteiger partial charge in [0.15, 0.2) is 0 Å². The molecule has 2 atom stereocenters. The van der Waals surface area contributed by atoms with Crippen LogP contribution in [0, 0.1) is 0 Å². The molecule has 1 aromatic carbocycles. The molecule has 0 bridgehead atoms. The number of benzene rings is 1. The van der Waals surface area contributed by atoms with Gasteiger partial charge >= 0.3 is 0 Å². The van der Waals surface area contributed by atoms with Crippen LogP contribution in [0.2, 0.25) is 0 Å². The number of nitrogens with one attached hydrogen (secondary N) is 1. The van der Waals surface area contributed by atoms with Crippen molar-refractivity contribution in [2.75, 3.05) is 6.54 Å². The first kappa shape index (κ1) is 15.0. The molecular weight excluding hydrogens is 218 g/mol. The Morgan fingerprint density at radius 2 is 1.89 bits per heavy atom. The highest BCUT2D eigenvalue weighted by molar-refractivity contribution is 5.21. The summed E-state index contributed by atoms with van der Waals surface area (Å²) in [6.07, 6.45) is 3.47. The van der Waals surface area contributed by atoms with Gasteiger partial charge < -0.3 is 5.32 Å². The van der Waals surface area contributed by atoms with Crippen LogP contribution in [0.3, 0.4) is 0 Å². The molecule has 0 heterocycles. The van der Waals surface area contributed by atoms with Gasteiger partial charge in [0.05, 0.1) is 0 Å². The van der Waals surface area contributed by atoms with E-state index in [1.54, 1.807) is 0 Å². The Bertz CT molecular complexity index is 342. The zero-order chi connectivity index (χ0) is 13.4. The van der Waals surface area contributed by atoms with Crippen LogP contribution in [-0.4, -0.2) is 12.6 Å². The van der Waals surface area contributed by atoms with Gasteiger partial charge in [-0.2, -0.15) is 0 Å². The van der Waals surface area contributed by atoms with Gasteiger partial charge in [0, 0.05) is 6.04 Å². The van der Waals surface area contributed by atoms with Crippen LogP contribution in [0.1, 0.15) is 51.5 Å². The minimum absolute atomic E-state index is 0.555. The van der Waals surface area contributed by atoms with Crippen LogP contribution in [0.25, 0.3) is 0 Å². The molecule has 0 fully saturated rings. The molecule has 0 saturated carbocycles. The average molecular weight is 245 g/mol. The molecule has 0 saturated heterocycles. The Morgan fingerprint density at radius 1 is 1.22 bits per heavy atom. The summed E-state index contributed by atoms with van der Waals surface area (Å²) < 4.78 is 0. The third-order valence-corrected chi connectivity index (χ3v) is 3.50. The predicted molar refractivity (Wildman–Crippen MR) is 81.0 cm³/mol. The zero-order valence-electron chi connectivity index (χ0n) is 12.1. The highest BCUT2D eigenvalue weighted by Gasteiger charge is 2.20. The Kier molecular flexibility index (Phi) is 6.74. The van der Waals surface area contributed by atoms with E-state index in [9.17, 15) is 0 Å². The number of hydrogen-bond acceptors (Lipinski definition) is 1. The van der Waals surface area contributed by atoms with Crippen molar-refractivity contribution in [3.05, 3.63) is 48.0 Å². The van der Waals surface area contributed by atoms with Crippen LogP contribution in [0.4, 0.5) is 0 Å². The molecule has 0 aromatic heterocycles. The highest BCUT2D eigenvalue weighted by atomic mass is 14.9. The van der Waals surface area contributed by atoms with E-state index in [1.165, 1.54) is 24.0 Å². The molecule has 0 spiro atoms. The molecule has 18 heavy (non-hydrogen) atoms. The normalized spacial score (nSPS) is 14.2. The summed E-state index contributed by atoms with van der Waals surface area (Å²) in [5.74, 6) is 0.602. The highest BCUT2D eigenvalue weighted by Crippen LogP contribution is 2.26. The van der Waals surface area contributed by atoms with Gasteiger partial charge in [-0.05, 0) is 44.2 Å². The van der Waals surface area contributed by atoms with Gasteiger partial charge in [0.25, 0.3) is 0 Å². The smallest absolute Gasteiger partial charge is 0.0139 e.